The highest BCUT2D eigenvalue weighted by Gasteiger charge is 2.40. The largest absolute Gasteiger partial charge is 0.458 e. The lowest BCUT2D eigenvalue weighted by atomic mass is 10.1. The van der Waals surface area contributed by atoms with E-state index in [2.05, 4.69) is 5.32 Å². The fraction of sp³-hybridized carbons (Fsp3) is 0.786. The van der Waals surface area contributed by atoms with Crippen LogP contribution < -0.4 is 5.32 Å². The number of carbonyl (C=O) groups excluding carboxylic acids is 3. The smallest absolute Gasteiger partial charge is 0.329 e. The molecule has 2 heterocycles. The number of likely N-dealkylation sites (tertiary alicyclic amines) is 1. The molecule has 1 N–H and O–H groups in total. The van der Waals surface area contributed by atoms with E-state index in [4.69, 9.17) is 4.74 Å². The van der Waals surface area contributed by atoms with Crippen LogP contribution in [0.3, 0.4) is 0 Å². The molecule has 0 aliphatic carbocycles. The Balaban J connectivity index is 2.01. The van der Waals surface area contributed by atoms with Crippen molar-refractivity contribution in [2.45, 2.75) is 64.1 Å². The summed E-state index contributed by atoms with van der Waals surface area (Å²) in [6.45, 7) is 5.98. The van der Waals surface area contributed by atoms with Crippen LogP contribution in [0.5, 0.6) is 0 Å². The fourth-order valence-electron chi connectivity index (χ4n) is 2.64. The molecular formula is C14H22N2O4. The Morgan fingerprint density at radius 1 is 1.30 bits per heavy atom. The van der Waals surface area contributed by atoms with Crippen LogP contribution in [0.1, 0.15) is 46.5 Å². The Morgan fingerprint density at radius 2 is 2.00 bits per heavy atom. The van der Waals surface area contributed by atoms with E-state index in [9.17, 15) is 14.4 Å². The lowest BCUT2D eigenvalue weighted by molar-refractivity contribution is -0.163. The van der Waals surface area contributed by atoms with Crippen LogP contribution in [0, 0.1) is 0 Å². The molecule has 2 aliphatic heterocycles. The van der Waals surface area contributed by atoms with Crippen molar-refractivity contribution in [2.75, 3.05) is 6.54 Å². The van der Waals surface area contributed by atoms with Crippen LogP contribution in [0.15, 0.2) is 0 Å². The Kier molecular flexibility index (Phi) is 4.01. The summed E-state index contributed by atoms with van der Waals surface area (Å²) < 4.78 is 5.37. The molecule has 0 spiro atoms. The van der Waals surface area contributed by atoms with E-state index in [-0.39, 0.29) is 17.8 Å². The van der Waals surface area contributed by atoms with E-state index >= 15 is 0 Å². The normalized spacial score (nSPS) is 26.6. The molecule has 0 aromatic carbocycles. The average Bonchev–Trinajstić information content (AvgIpc) is 2.93. The van der Waals surface area contributed by atoms with Gasteiger partial charge < -0.3 is 15.0 Å². The van der Waals surface area contributed by atoms with Crippen LogP contribution in [0.2, 0.25) is 0 Å². The zero-order chi connectivity index (χ0) is 14.9. The molecule has 0 saturated carbocycles. The van der Waals surface area contributed by atoms with E-state index in [1.54, 1.807) is 4.90 Å². The standard InChI is InChI=1S/C14H22N2O4/c1-14(2,3)20-13(19)10-5-4-8-16(10)12(18)9-6-7-11(17)15-9/h9-10H,4-8H2,1-3H3,(H,15,17)/t9?,10-/m0/s1. The number of nitrogens with zero attached hydrogens (tertiary/aromatic N) is 1. The van der Waals surface area contributed by atoms with Gasteiger partial charge in [-0.1, -0.05) is 0 Å². The highest BCUT2D eigenvalue weighted by atomic mass is 16.6. The number of hydrogen-bond acceptors (Lipinski definition) is 4. The average molecular weight is 282 g/mol. The molecule has 0 radical (unpaired) electrons. The monoisotopic (exact) mass is 282 g/mol. The quantitative estimate of drug-likeness (QED) is 0.752. The fourth-order valence-corrected chi connectivity index (χ4v) is 2.64. The van der Waals surface area contributed by atoms with Gasteiger partial charge in [-0.15, -0.1) is 0 Å². The Bertz CT molecular complexity index is 427. The lowest BCUT2D eigenvalue weighted by Gasteiger charge is -2.28. The Morgan fingerprint density at radius 3 is 2.55 bits per heavy atom. The predicted molar refractivity (Wildman–Crippen MR) is 71.7 cm³/mol. The summed E-state index contributed by atoms with van der Waals surface area (Å²) >= 11 is 0. The number of carbonyl (C=O) groups is 3. The number of esters is 1. The van der Waals surface area contributed by atoms with Crippen LogP contribution >= 0.6 is 0 Å². The summed E-state index contributed by atoms with van der Waals surface area (Å²) in [6.07, 6.45) is 2.30. The molecule has 6 heteroatoms. The van der Waals surface area contributed by atoms with Gasteiger partial charge in [-0.2, -0.15) is 0 Å². The number of nitrogens with one attached hydrogen (secondary N) is 1. The molecular weight excluding hydrogens is 260 g/mol. The van der Waals surface area contributed by atoms with Gasteiger partial charge in [0.25, 0.3) is 0 Å². The molecule has 0 aromatic rings. The molecule has 2 fully saturated rings. The molecule has 1 unspecified atom stereocenters. The number of ether oxygens (including phenoxy) is 1. The first kappa shape index (κ1) is 14.8. The van der Waals surface area contributed by atoms with Gasteiger partial charge >= 0.3 is 5.97 Å². The van der Waals surface area contributed by atoms with Crippen molar-refractivity contribution in [3.05, 3.63) is 0 Å². The second kappa shape index (κ2) is 5.42. The number of hydrogen-bond donors (Lipinski definition) is 1. The summed E-state index contributed by atoms with van der Waals surface area (Å²) in [4.78, 5) is 37.3. The minimum absolute atomic E-state index is 0.101. The van der Waals surface area contributed by atoms with Gasteiger partial charge in [0.05, 0.1) is 0 Å². The SMILES string of the molecule is CC(C)(C)OC(=O)[C@@H]1CCCN1C(=O)C1CCC(=O)N1. The second-order valence-electron chi connectivity index (χ2n) is 6.38. The van der Waals surface area contributed by atoms with Gasteiger partial charge in [-0.3, -0.25) is 9.59 Å². The maximum Gasteiger partial charge on any atom is 0.329 e. The molecule has 0 bridgehead atoms. The minimum Gasteiger partial charge on any atom is -0.458 e. The molecule has 20 heavy (non-hydrogen) atoms. The second-order valence-corrected chi connectivity index (χ2v) is 6.38. The van der Waals surface area contributed by atoms with E-state index < -0.39 is 17.7 Å². The first-order chi connectivity index (χ1) is 9.28. The van der Waals surface area contributed by atoms with E-state index in [0.29, 0.717) is 25.8 Å². The maximum absolute atomic E-state index is 12.4. The maximum atomic E-state index is 12.4. The van der Waals surface area contributed by atoms with Crippen molar-refractivity contribution in [3.63, 3.8) is 0 Å². The van der Waals surface area contributed by atoms with Gasteiger partial charge in [-0.05, 0) is 40.0 Å². The first-order valence-electron chi connectivity index (χ1n) is 7.10. The molecule has 0 aromatic heterocycles. The van der Waals surface area contributed by atoms with Crippen LogP contribution in [-0.4, -0.2) is 46.9 Å². The summed E-state index contributed by atoms with van der Waals surface area (Å²) in [5.74, 6) is -0.617. The van der Waals surface area contributed by atoms with Crippen molar-refractivity contribution < 1.29 is 19.1 Å². The van der Waals surface area contributed by atoms with Crippen molar-refractivity contribution in [3.8, 4) is 0 Å². The zero-order valence-corrected chi connectivity index (χ0v) is 12.3. The van der Waals surface area contributed by atoms with Crippen molar-refractivity contribution in [1.82, 2.24) is 10.2 Å². The van der Waals surface area contributed by atoms with Crippen LogP contribution in [-0.2, 0) is 19.1 Å². The van der Waals surface area contributed by atoms with Crippen LogP contribution in [0.25, 0.3) is 0 Å². The molecule has 2 saturated heterocycles. The predicted octanol–water partition coefficient (Wildman–Crippen LogP) is 0.598. The third-order valence-electron chi connectivity index (χ3n) is 3.51. The third-order valence-corrected chi connectivity index (χ3v) is 3.51. The Hall–Kier alpha value is -1.59. The van der Waals surface area contributed by atoms with E-state index in [0.717, 1.165) is 6.42 Å². The topological polar surface area (TPSA) is 75.7 Å². The van der Waals surface area contributed by atoms with Crippen LogP contribution in [0.4, 0.5) is 0 Å². The summed E-state index contributed by atoms with van der Waals surface area (Å²) in [7, 11) is 0. The van der Waals surface area contributed by atoms with Gasteiger partial charge in [0.2, 0.25) is 11.8 Å². The molecule has 2 aliphatic rings. The lowest BCUT2D eigenvalue weighted by Crippen LogP contribution is -2.50. The number of amides is 2. The highest BCUT2D eigenvalue weighted by Crippen LogP contribution is 2.23. The summed E-state index contributed by atoms with van der Waals surface area (Å²) in [5, 5.41) is 2.66. The van der Waals surface area contributed by atoms with Crippen molar-refractivity contribution in [2.24, 2.45) is 0 Å². The molecule has 6 nitrogen and oxygen atoms in total. The van der Waals surface area contributed by atoms with Gasteiger partial charge in [0, 0.05) is 13.0 Å². The molecule has 2 atom stereocenters. The molecule has 112 valence electrons. The van der Waals surface area contributed by atoms with E-state index in [1.807, 2.05) is 20.8 Å². The van der Waals surface area contributed by atoms with Gasteiger partial charge in [-0.25, -0.2) is 4.79 Å². The van der Waals surface area contributed by atoms with Crippen molar-refractivity contribution >= 4 is 17.8 Å². The summed E-state index contributed by atoms with van der Waals surface area (Å²) in [6, 6.07) is -0.996. The minimum atomic E-state index is -0.560. The highest BCUT2D eigenvalue weighted by molar-refractivity contribution is 5.93. The van der Waals surface area contributed by atoms with Gasteiger partial charge in [0.15, 0.2) is 0 Å². The summed E-state index contributed by atoms with van der Waals surface area (Å²) in [5.41, 5.74) is -0.560. The van der Waals surface area contributed by atoms with Crippen molar-refractivity contribution in [1.29, 1.82) is 0 Å². The van der Waals surface area contributed by atoms with Gasteiger partial charge in [0.1, 0.15) is 17.7 Å². The van der Waals surface area contributed by atoms with E-state index in [1.165, 1.54) is 0 Å². The Labute approximate surface area is 118 Å². The zero-order valence-electron chi connectivity index (χ0n) is 12.3. The molecule has 2 rings (SSSR count). The molecule has 2 amide bonds. The third kappa shape index (κ3) is 3.29. The number of rotatable bonds is 2. The first-order valence-corrected chi connectivity index (χ1v) is 7.10.